The van der Waals surface area contributed by atoms with Crippen molar-refractivity contribution < 1.29 is 23.1 Å². The number of rotatable bonds is 4. The SMILES string of the molecule is COc1ccc(S(=O)(=O)N2CCC(C)C2)cc1C(=O)O. The van der Waals surface area contributed by atoms with E-state index in [0.29, 0.717) is 19.0 Å². The van der Waals surface area contributed by atoms with E-state index in [1.165, 1.54) is 23.5 Å². The van der Waals surface area contributed by atoms with Crippen molar-refractivity contribution in [3.05, 3.63) is 23.8 Å². The summed E-state index contributed by atoms with van der Waals surface area (Å²) in [5.41, 5.74) is -0.152. The minimum absolute atomic E-state index is 0.00944. The Morgan fingerprint density at radius 3 is 2.65 bits per heavy atom. The summed E-state index contributed by atoms with van der Waals surface area (Å²) in [5.74, 6) is -0.748. The van der Waals surface area contributed by atoms with Crippen LogP contribution in [-0.2, 0) is 10.0 Å². The van der Waals surface area contributed by atoms with Crippen molar-refractivity contribution in [2.24, 2.45) is 5.92 Å². The van der Waals surface area contributed by atoms with E-state index >= 15 is 0 Å². The molecule has 1 aromatic carbocycles. The van der Waals surface area contributed by atoms with Crippen molar-refractivity contribution in [1.82, 2.24) is 4.31 Å². The maximum absolute atomic E-state index is 12.4. The number of benzene rings is 1. The van der Waals surface area contributed by atoms with E-state index in [0.717, 1.165) is 12.5 Å². The number of ether oxygens (including phenoxy) is 1. The summed E-state index contributed by atoms with van der Waals surface area (Å²) < 4.78 is 31.2. The average molecular weight is 299 g/mol. The fraction of sp³-hybridized carbons (Fsp3) is 0.462. The van der Waals surface area contributed by atoms with Gasteiger partial charge in [-0.05, 0) is 30.5 Å². The van der Waals surface area contributed by atoms with Gasteiger partial charge in [0.1, 0.15) is 11.3 Å². The van der Waals surface area contributed by atoms with Crippen LogP contribution in [0.2, 0.25) is 0 Å². The second kappa shape index (κ2) is 5.41. The number of methoxy groups -OCH3 is 1. The van der Waals surface area contributed by atoms with E-state index < -0.39 is 16.0 Å². The van der Waals surface area contributed by atoms with Crippen molar-refractivity contribution in [2.75, 3.05) is 20.2 Å². The van der Waals surface area contributed by atoms with Gasteiger partial charge in [0.15, 0.2) is 0 Å². The normalized spacial score (nSPS) is 20.0. The van der Waals surface area contributed by atoms with Gasteiger partial charge in [-0.15, -0.1) is 0 Å². The second-order valence-corrected chi connectivity index (χ2v) is 6.86. The molecule has 1 N–H and O–H groups in total. The van der Waals surface area contributed by atoms with Gasteiger partial charge in [-0.3, -0.25) is 0 Å². The van der Waals surface area contributed by atoms with Gasteiger partial charge in [0, 0.05) is 13.1 Å². The molecule has 7 heteroatoms. The lowest BCUT2D eigenvalue weighted by Gasteiger charge is -2.17. The van der Waals surface area contributed by atoms with Gasteiger partial charge in [-0.1, -0.05) is 6.92 Å². The molecule has 0 bridgehead atoms. The van der Waals surface area contributed by atoms with Crippen LogP contribution in [0.15, 0.2) is 23.1 Å². The topological polar surface area (TPSA) is 83.9 Å². The lowest BCUT2D eigenvalue weighted by atomic mass is 10.2. The van der Waals surface area contributed by atoms with E-state index in [4.69, 9.17) is 9.84 Å². The minimum atomic E-state index is -3.64. The Morgan fingerprint density at radius 1 is 1.45 bits per heavy atom. The molecule has 1 atom stereocenters. The molecule has 1 saturated heterocycles. The zero-order valence-corrected chi connectivity index (χ0v) is 12.2. The molecular formula is C13H17NO5S. The van der Waals surface area contributed by atoms with Crippen molar-refractivity contribution in [1.29, 1.82) is 0 Å². The average Bonchev–Trinajstić information content (AvgIpc) is 2.85. The molecule has 6 nitrogen and oxygen atoms in total. The molecule has 2 rings (SSSR count). The fourth-order valence-electron chi connectivity index (χ4n) is 2.28. The number of carboxylic acids is 1. The third kappa shape index (κ3) is 2.64. The van der Waals surface area contributed by atoms with E-state index in [-0.39, 0.29) is 16.2 Å². The predicted molar refractivity (Wildman–Crippen MR) is 72.5 cm³/mol. The van der Waals surface area contributed by atoms with Crippen molar-refractivity contribution in [2.45, 2.75) is 18.2 Å². The van der Waals surface area contributed by atoms with Gasteiger partial charge in [0.25, 0.3) is 0 Å². The monoisotopic (exact) mass is 299 g/mol. The van der Waals surface area contributed by atoms with Crippen LogP contribution >= 0.6 is 0 Å². The quantitative estimate of drug-likeness (QED) is 0.909. The smallest absolute Gasteiger partial charge is 0.339 e. The minimum Gasteiger partial charge on any atom is -0.496 e. The molecule has 1 aliphatic rings. The summed E-state index contributed by atoms with van der Waals surface area (Å²) in [6.45, 7) is 2.93. The third-order valence-corrected chi connectivity index (χ3v) is 5.29. The molecule has 0 amide bonds. The Hall–Kier alpha value is -1.60. The largest absolute Gasteiger partial charge is 0.496 e. The molecule has 0 spiro atoms. The molecule has 0 radical (unpaired) electrons. The maximum Gasteiger partial charge on any atom is 0.339 e. The number of hydrogen-bond donors (Lipinski definition) is 1. The maximum atomic E-state index is 12.4. The molecule has 1 heterocycles. The fourth-order valence-corrected chi connectivity index (χ4v) is 3.88. The van der Waals surface area contributed by atoms with Crippen LogP contribution in [0, 0.1) is 5.92 Å². The molecule has 1 unspecified atom stereocenters. The van der Waals surface area contributed by atoms with Crippen LogP contribution in [0.5, 0.6) is 5.75 Å². The molecule has 0 aliphatic carbocycles. The number of carbonyl (C=O) groups is 1. The summed E-state index contributed by atoms with van der Waals surface area (Å²) in [7, 11) is -2.29. The Labute approximate surface area is 118 Å². The molecule has 1 aliphatic heterocycles. The lowest BCUT2D eigenvalue weighted by Crippen LogP contribution is -2.28. The molecule has 0 aromatic heterocycles. The number of sulfonamides is 1. The molecule has 1 aromatic rings. The Morgan fingerprint density at radius 2 is 2.15 bits per heavy atom. The number of carboxylic acid groups (broad SMARTS) is 1. The lowest BCUT2D eigenvalue weighted by molar-refractivity contribution is 0.0693. The molecular weight excluding hydrogens is 282 g/mol. The van der Waals surface area contributed by atoms with Gasteiger partial charge in [-0.2, -0.15) is 4.31 Å². The van der Waals surface area contributed by atoms with Gasteiger partial charge in [0.05, 0.1) is 12.0 Å². The number of nitrogens with zero attached hydrogens (tertiary/aromatic N) is 1. The first-order valence-corrected chi connectivity index (χ1v) is 7.71. The standard InChI is InChI=1S/C13H17NO5S/c1-9-5-6-14(8-9)20(17,18)10-3-4-12(19-2)11(7-10)13(15)16/h3-4,7,9H,5-6,8H2,1-2H3,(H,15,16). The van der Waals surface area contributed by atoms with Crippen LogP contribution in [0.1, 0.15) is 23.7 Å². The van der Waals surface area contributed by atoms with Crippen molar-refractivity contribution in [3.8, 4) is 5.75 Å². The Kier molecular flexibility index (Phi) is 4.01. The van der Waals surface area contributed by atoms with Crippen LogP contribution < -0.4 is 4.74 Å². The van der Waals surface area contributed by atoms with Crippen LogP contribution in [-0.4, -0.2) is 44.0 Å². The molecule has 110 valence electrons. The van der Waals surface area contributed by atoms with Gasteiger partial charge >= 0.3 is 5.97 Å². The van der Waals surface area contributed by atoms with E-state index in [1.54, 1.807) is 0 Å². The highest BCUT2D eigenvalue weighted by molar-refractivity contribution is 7.89. The van der Waals surface area contributed by atoms with Crippen molar-refractivity contribution in [3.63, 3.8) is 0 Å². The van der Waals surface area contributed by atoms with E-state index in [2.05, 4.69) is 0 Å². The van der Waals surface area contributed by atoms with Crippen LogP contribution in [0.25, 0.3) is 0 Å². The first-order valence-electron chi connectivity index (χ1n) is 6.27. The highest BCUT2D eigenvalue weighted by Crippen LogP contribution is 2.27. The van der Waals surface area contributed by atoms with Crippen LogP contribution in [0.3, 0.4) is 0 Å². The second-order valence-electron chi connectivity index (χ2n) is 4.92. The number of hydrogen-bond acceptors (Lipinski definition) is 4. The summed E-state index contributed by atoms with van der Waals surface area (Å²) in [4.78, 5) is 11.1. The van der Waals surface area contributed by atoms with Gasteiger partial charge < -0.3 is 9.84 Å². The first kappa shape index (κ1) is 14.8. The summed E-state index contributed by atoms with van der Waals surface area (Å²) in [6.07, 6.45) is 0.821. The Balaban J connectivity index is 2.42. The zero-order valence-electron chi connectivity index (χ0n) is 11.4. The molecule has 20 heavy (non-hydrogen) atoms. The third-order valence-electron chi connectivity index (χ3n) is 3.43. The highest BCUT2D eigenvalue weighted by atomic mass is 32.2. The Bertz CT molecular complexity index is 626. The summed E-state index contributed by atoms with van der Waals surface area (Å²) in [6, 6.07) is 3.90. The molecule has 0 saturated carbocycles. The van der Waals surface area contributed by atoms with E-state index in [1.807, 2.05) is 6.92 Å². The number of aromatic carboxylic acids is 1. The van der Waals surface area contributed by atoms with E-state index in [9.17, 15) is 13.2 Å². The summed E-state index contributed by atoms with van der Waals surface area (Å²) in [5, 5.41) is 9.11. The first-order chi connectivity index (χ1) is 9.36. The molecule has 1 fully saturated rings. The summed E-state index contributed by atoms with van der Waals surface area (Å²) >= 11 is 0. The zero-order chi connectivity index (χ0) is 14.9. The predicted octanol–water partition coefficient (Wildman–Crippen LogP) is 1.42. The van der Waals surface area contributed by atoms with Crippen LogP contribution in [0.4, 0.5) is 0 Å². The van der Waals surface area contributed by atoms with Crippen molar-refractivity contribution >= 4 is 16.0 Å². The van der Waals surface area contributed by atoms with Gasteiger partial charge in [0.2, 0.25) is 10.0 Å². The highest BCUT2D eigenvalue weighted by Gasteiger charge is 2.31. The van der Waals surface area contributed by atoms with Gasteiger partial charge in [-0.25, -0.2) is 13.2 Å².